The first-order chi connectivity index (χ1) is 18.1. The highest BCUT2D eigenvalue weighted by molar-refractivity contribution is 5.89. The molecule has 37 heavy (non-hydrogen) atoms. The van der Waals surface area contributed by atoms with E-state index in [1.165, 1.54) is 0 Å². The quantitative estimate of drug-likeness (QED) is 0.560. The van der Waals surface area contributed by atoms with Crippen LogP contribution in [-0.2, 0) is 0 Å². The molecule has 3 aromatic heterocycles. The lowest BCUT2D eigenvalue weighted by Crippen LogP contribution is -2.58. The minimum absolute atomic E-state index is 0.203. The molecule has 0 saturated carbocycles. The van der Waals surface area contributed by atoms with Crippen LogP contribution >= 0.6 is 0 Å². The summed E-state index contributed by atoms with van der Waals surface area (Å²) < 4.78 is 0. The Balaban J connectivity index is 1.12. The average Bonchev–Trinajstić information content (AvgIpc) is 3.66. The molecule has 7 heterocycles. The van der Waals surface area contributed by atoms with Crippen molar-refractivity contribution < 1.29 is 4.79 Å². The van der Waals surface area contributed by atoms with Crippen molar-refractivity contribution in [3.8, 4) is 11.3 Å². The van der Waals surface area contributed by atoms with E-state index in [1.54, 1.807) is 0 Å². The largest absolute Gasteiger partial charge is 0.354 e. The number of hydrogen-bond donors (Lipinski definition) is 2. The van der Waals surface area contributed by atoms with Crippen molar-refractivity contribution in [2.24, 2.45) is 0 Å². The van der Waals surface area contributed by atoms with Gasteiger partial charge in [0.25, 0.3) is 0 Å². The molecule has 0 radical (unpaired) electrons. The summed E-state index contributed by atoms with van der Waals surface area (Å²) in [4.78, 5) is 36.2. The van der Waals surface area contributed by atoms with Crippen LogP contribution in [0.4, 0.5) is 16.6 Å². The molecule has 3 aromatic rings. The van der Waals surface area contributed by atoms with Gasteiger partial charge >= 0.3 is 6.03 Å². The summed E-state index contributed by atoms with van der Waals surface area (Å²) in [6, 6.07) is 5.32. The van der Waals surface area contributed by atoms with Gasteiger partial charge in [-0.05, 0) is 44.7 Å². The number of piperazine rings is 2. The number of amides is 2. The Kier molecular flexibility index (Phi) is 5.60. The van der Waals surface area contributed by atoms with Crippen LogP contribution in [-0.4, -0.2) is 105 Å². The minimum atomic E-state index is 0.203. The zero-order chi connectivity index (χ0) is 24.9. The first-order valence-electron chi connectivity index (χ1n) is 13.6. The second kappa shape index (κ2) is 9.13. The summed E-state index contributed by atoms with van der Waals surface area (Å²) in [7, 11) is 0. The van der Waals surface area contributed by atoms with Gasteiger partial charge in [0.1, 0.15) is 22.5 Å². The Hall–Kier alpha value is -3.47. The van der Waals surface area contributed by atoms with Gasteiger partial charge in [0.15, 0.2) is 0 Å². The number of likely N-dealkylation sites (tertiary alicyclic amines) is 2. The Morgan fingerprint density at radius 3 is 2.51 bits per heavy atom. The molecule has 0 aliphatic carbocycles. The number of nitrogens with one attached hydrogen (secondary N) is 2. The normalized spacial score (nSPS) is 25.9. The number of aromatic amines is 1. The summed E-state index contributed by atoms with van der Waals surface area (Å²) in [5, 5.41) is 11.1. The predicted molar refractivity (Wildman–Crippen MR) is 142 cm³/mol. The van der Waals surface area contributed by atoms with Gasteiger partial charge < -0.3 is 24.9 Å². The van der Waals surface area contributed by atoms with Crippen LogP contribution in [0.1, 0.15) is 32.6 Å². The Morgan fingerprint density at radius 2 is 1.78 bits per heavy atom. The van der Waals surface area contributed by atoms with E-state index in [1.807, 2.05) is 17.3 Å². The Bertz CT molecular complexity index is 1270. The third-order valence-corrected chi connectivity index (χ3v) is 8.36. The van der Waals surface area contributed by atoms with Crippen LogP contribution in [0, 0.1) is 0 Å². The molecule has 194 valence electrons. The van der Waals surface area contributed by atoms with Crippen molar-refractivity contribution in [1.82, 2.24) is 40.3 Å². The molecular formula is C26H34N10O. The topological polar surface area (TPSA) is 109 Å². The van der Waals surface area contributed by atoms with Crippen LogP contribution in [0.15, 0.2) is 24.5 Å². The van der Waals surface area contributed by atoms with E-state index in [0.29, 0.717) is 6.04 Å². The zero-order valence-corrected chi connectivity index (χ0v) is 21.3. The summed E-state index contributed by atoms with van der Waals surface area (Å²) in [5.74, 6) is 1.72. The van der Waals surface area contributed by atoms with Crippen molar-refractivity contribution in [2.75, 3.05) is 55.6 Å². The van der Waals surface area contributed by atoms with Crippen molar-refractivity contribution >= 4 is 28.8 Å². The van der Waals surface area contributed by atoms with E-state index in [9.17, 15) is 4.79 Å². The SMILES string of the molecule is C[C@@H]1CN(c2ccc(-c3n[nH]c4cnc(N5[C@@H]6CC[C@H]5CN(C(=O)N5CCCC5)C6)nc34)cn2)CCN1. The van der Waals surface area contributed by atoms with E-state index in [2.05, 4.69) is 49.3 Å². The van der Waals surface area contributed by atoms with Crippen molar-refractivity contribution in [3.63, 3.8) is 0 Å². The first-order valence-corrected chi connectivity index (χ1v) is 13.6. The van der Waals surface area contributed by atoms with Gasteiger partial charge in [-0.25, -0.2) is 19.7 Å². The van der Waals surface area contributed by atoms with Crippen molar-refractivity contribution in [3.05, 3.63) is 24.5 Å². The molecule has 11 heteroatoms. The lowest BCUT2D eigenvalue weighted by atomic mass is 10.1. The number of pyridine rings is 1. The van der Waals surface area contributed by atoms with Gasteiger partial charge in [-0.1, -0.05) is 0 Å². The fraction of sp³-hybridized carbons (Fsp3) is 0.577. The molecule has 4 fully saturated rings. The van der Waals surface area contributed by atoms with Crippen LogP contribution < -0.4 is 15.1 Å². The molecule has 2 bridgehead atoms. The van der Waals surface area contributed by atoms with Gasteiger partial charge in [-0.2, -0.15) is 5.10 Å². The third-order valence-electron chi connectivity index (χ3n) is 8.36. The lowest BCUT2D eigenvalue weighted by molar-refractivity contribution is 0.150. The van der Waals surface area contributed by atoms with Crippen LogP contribution in [0.3, 0.4) is 0 Å². The highest BCUT2D eigenvalue weighted by Gasteiger charge is 2.43. The number of fused-ring (bicyclic) bond motifs is 3. The van der Waals surface area contributed by atoms with E-state index >= 15 is 0 Å². The monoisotopic (exact) mass is 502 g/mol. The summed E-state index contributed by atoms with van der Waals surface area (Å²) in [6.07, 6.45) is 8.08. The molecule has 4 aliphatic rings. The Morgan fingerprint density at radius 1 is 0.973 bits per heavy atom. The number of carbonyl (C=O) groups is 1. The van der Waals surface area contributed by atoms with Crippen molar-refractivity contribution in [2.45, 2.75) is 50.7 Å². The third kappa shape index (κ3) is 4.05. The molecule has 2 N–H and O–H groups in total. The summed E-state index contributed by atoms with van der Waals surface area (Å²) in [5.41, 5.74) is 3.35. The minimum Gasteiger partial charge on any atom is -0.354 e. The highest BCUT2D eigenvalue weighted by atomic mass is 16.2. The van der Waals surface area contributed by atoms with Gasteiger partial charge in [0.2, 0.25) is 5.95 Å². The van der Waals surface area contributed by atoms with E-state index < -0.39 is 0 Å². The number of H-pyrrole nitrogens is 1. The molecule has 0 aromatic carbocycles. The average molecular weight is 503 g/mol. The number of aromatic nitrogens is 5. The molecule has 7 rings (SSSR count). The van der Waals surface area contributed by atoms with Crippen LogP contribution in [0.2, 0.25) is 0 Å². The summed E-state index contributed by atoms with van der Waals surface area (Å²) >= 11 is 0. The van der Waals surface area contributed by atoms with Gasteiger partial charge in [-0.15, -0.1) is 0 Å². The van der Waals surface area contributed by atoms with Crippen LogP contribution in [0.25, 0.3) is 22.3 Å². The molecule has 0 unspecified atom stereocenters. The first kappa shape index (κ1) is 22.7. The number of hydrogen-bond acceptors (Lipinski definition) is 8. The maximum absolute atomic E-state index is 13.0. The molecular weight excluding hydrogens is 468 g/mol. The molecule has 4 aliphatic heterocycles. The zero-order valence-electron chi connectivity index (χ0n) is 21.3. The number of nitrogens with zero attached hydrogens (tertiary/aromatic N) is 8. The summed E-state index contributed by atoms with van der Waals surface area (Å²) in [6.45, 7) is 8.33. The van der Waals surface area contributed by atoms with Crippen molar-refractivity contribution in [1.29, 1.82) is 0 Å². The fourth-order valence-electron chi connectivity index (χ4n) is 6.48. The van der Waals surface area contributed by atoms with Crippen LogP contribution in [0.5, 0.6) is 0 Å². The van der Waals surface area contributed by atoms with E-state index in [0.717, 1.165) is 106 Å². The number of urea groups is 1. The number of carbonyl (C=O) groups excluding carboxylic acids is 1. The Labute approximate surface area is 216 Å². The van der Waals surface area contributed by atoms with Gasteiger partial charge in [0.05, 0.1) is 18.3 Å². The second-order valence-corrected chi connectivity index (χ2v) is 10.9. The number of anilines is 2. The van der Waals surface area contributed by atoms with E-state index in [-0.39, 0.29) is 18.1 Å². The molecule has 0 spiro atoms. The van der Waals surface area contributed by atoms with E-state index in [4.69, 9.17) is 15.0 Å². The lowest BCUT2D eigenvalue weighted by Gasteiger charge is -2.42. The maximum atomic E-state index is 13.0. The smallest absolute Gasteiger partial charge is 0.320 e. The fourth-order valence-corrected chi connectivity index (χ4v) is 6.48. The highest BCUT2D eigenvalue weighted by Crippen LogP contribution is 2.35. The van der Waals surface area contributed by atoms with Gasteiger partial charge in [0, 0.05) is 63.6 Å². The van der Waals surface area contributed by atoms with Gasteiger partial charge in [-0.3, -0.25) is 5.10 Å². The standard InChI is InChI=1S/C26H34N10O/c1-17-14-34(11-8-27-17)22-7-4-18(12-28-22)23-24-21(31-32-23)13-29-25(30-24)36-19-5-6-20(36)16-35(15-19)26(37)33-9-2-3-10-33/h4,7,12-13,17,19-20,27H,2-3,5-6,8-11,14-16H2,1H3,(H,31,32)/t17-,19-,20+/m1/s1. The second-order valence-electron chi connectivity index (χ2n) is 10.9. The molecule has 11 nitrogen and oxygen atoms in total. The molecule has 2 amide bonds. The molecule has 3 atom stereocenters. The maximum Gasteiger partial charge on any atom is 0.320 e. The predicted octanol–water partition coefficient (Wildman–Crippen LogP) is 2.08. The molecule has 4 saturated heterocycles. The number of rotatable bonds is 3.